The van der Waals surface area contributed by atoms with Gasteiger partial charge < -0.3 is 19.2 Å². The van der Waals surface area contributed by atoms with Crippen LogP contribution in [-0.4, -0.2) is 60.8 Å². The third kappa shape index (κ3) is 61.5. The van der Waals surface area contributed by atoms with E-state index in [1.165, 1.54) is 0 Å². The van der Waals surface area contributed by atoms with E-state index in [-0.39, 0.29) is 90.3 Å². The summed E-state index contributed by atoms with van der Waals surface area (Å²) < 4.78 is 8.55. The van der Waals surface area contributed by atoms with Crippen LogP contribution in [0, 0.1) is 0 Å². The van der Waals surface area contributed by atoms with Gasteiger partial charge in [0.1, 0.15) is 0 Å². The Morgan fingerprint density at radius 2 is 1.12 bits per heavy atom. The van der Waals surface area contributed by atoms with Crippen LogP contribution in [0.4, 0.5) is 0 Å². The Morgan fingerprint density at radius 1 is 1.12 bits per heavy atom. The normalized spacial score (nSPS) is 7.38. The van der Waals surface area contributed by atoms with E-state index in [4.69, 9.17) is 19.2 Å². The van der Waals surface area contributed by atoms with E-state index in [0.29, 0.717) is 0 Å². The van der Waals surface area contributed by atoms with Crippen molar-refractivity contribution in [1.82, 2.24) is 0 Å². The molecule has 0 atom stereocenters. The first-order valence-corrected chi connectivity index (χ1v) is 2.19. The molecule has 36 valence electrons. The van der Waals surface area contributed by atoms with Crippen molar-refractivity contribution in [2.45, 2.75) is 0 Å². The summed E-state index contributed by atoms with van der Waals surface area (Å²) in [6, 6.07) is 0. The molecule has 0 unspecified atom stereocenters. The first kappa shape index (κ1) is 22.5. The molecule has 8 heteroatoms. The van der Waals surface area contributed by atoms with Crippen molar-refractivity contribution in [3.63, 3.8) is 0 Å². The Morgan fingerprint density at radius 3 is 1.12 bits per heavy atom. The summed E-state index contributed by atoms with van der Waals surface area (Å²) in [6.07, 6.45) is 0. The van der Waals surface area contributed by atoms with E-state index in [2.05, 4.69) is 0 Å². The summed E-state index contributed by atoms with van der Waals surface area (Å²) in [4.78, 5) is 25.6. The molecule has 0 saturated carbocycles. The third-order valence-electron chi connectivity index (χ3n) is 0. The van der Waals surface area contributed by atoms with Gasteiger partial charge in [-0.05, 0) is 0 Å². The van der Waals surface area contributed by atoms with Gasteiger partial charge in [0.25, 0.3) is 0 Å². The van der Waals surface area contributed by atoms with Gasteiger partial charge in [0.2, 0.25) is 0 Å². The van der Waals surface area contributed by atoms with Gasteiger partial charge in [0, 0.05) is 0 Å². The molecule has 0 radical (unpaired) electrons. The SMILES string of the molecule is O=P([O-])([O-])[O-].[Ca+2].[MgH2].[Na+]. The van der Waals surface area contributed by atoms with Crippen LogP contribution in [0.25, 0.3) is 0 Å². The predicted molar refractivity (Wildman–Crippen MR) is 21.9 cm³/mol. The molecule has 0 aromatic heterocycles. The zero-order chi connectivity index (χ0) is 4.50. The summed E-state index contributed by atoms with van der Waals surface area (Å²) in [7, 11) is -5.39. The van der Waals surface area contributed by atoms with Crippen molar-refractivity contribution in [2.75, 3.05) is 0 Å². The van der Waals surface area contributed by atoms with Gasteiger partial charge in [0.15, 0.2) is 0 Å². The molecule has 0 aliphatic carbocycles. The van der Waals surface area contributed by atoms with E-state index < -0.39 is 7.82 Å². The average molecular weight is 184 g/mol. The molecule has 8 heavy (non-hydrogen) atoms. The van der Waals surface area contributed by atoms with E-state index in [1.54, 1.807) is 0 Å². The minimum absolute atomic E-state index is 0. The van der Waals surface area contributed by atoms with Crippen LogP contribution >= 0.6 is 7.82 Å². The summed E-state index contributed by atoms with van der Waals surface area (Å²) >= 11 is 0. The fourth-order valence-electron chi connectivity index (χ4n) is 0. The molecule has 0 aliphatic rings. The van der Waals surface area contributed by atoms with Gasteiger partial charge in [-0.1, -0.05) is 0 Å². The Hall–Kier alpha value is 3.14. The van der Waals surface area contributed by atoms with Crippen molar-refractivity contribution in [3.05, 3.63) is 0 Å². The van der Waals surface area contributed by atoms with Crippen LogP contribution < -0.4 is 44.2 Å². The quantitative estimate of drug-likeness (QED) is 0.276. The molecule has 0 amide bonds. The second-order valence-corrected chi connectivity index (χ2v) is 1.34. The van der Waals surface area contributed by atoms with Gasteiger partial charge in [-0.25, -0.2) is 0 Å². The van der Waals surface area contributed by atoms with E-state index in [0.717, 1.165) is 0 Å². The minimum Gasteiger partial charge on any atom is -0.822 e. The maximum absolute atomic E-state index is 8.55. The minimum atomic E-state index is -5.39. The van der Waals surface area contributed by atoms with Crippen LogP contribution in [0.5, 0.6) is 0 Å². The zero-order valence-corrected chi connectivity index (χ0v) is 8.89. The molecular formula is H2CaMgNaO4P. The number of hydrogen-bond acceptors (Lipinski definition) is 4. The van der Waals surface area contributed by atoms with Crippen molar-refractivity contribution >= 4 is 68.6 Å². The summed E-state index contributed by atoms with van der Waals surface area (Å²) in [6.45, 7) is 0. The maximum atomic E-state index is 8.55. The predicted octanol–water partition coefficient (Wildman–Crippen LogP) is -7.12. The van der Waals surface area contributed by atoms with Crippen LogP contribution in [0.2, 0.25) is 0 Å². The van der Waals surface area contributed by atoms with Gasteiger partial charge in [-0.3, -0.25) is 0 Å². The van der Waals surface area contributed by atoms with Crippen LogP contribution in [0.3, 0.4) is 0 Å². The second kappa shape index (κ2) is 10.1. The number of rotatable bonds is 0. The Bertz CT molecular complexity index is 62.2. The zero-order valence-electron chi connectivity index (χ0n) is 3.79. The number of phosphoric acid groups is 1. The Balaban J connectivity index is -0.0000000267. The van der Waals surface area contributed by atoms with Gasteiger partial charge in [-0.15, -0.1) is 0 Å². The van der Waals surface area contributed by atoms with Crippen LogP contribution in [-0.2, 0) is 4.57 Å². The molecule has 0 fully saturated rings. The first-order chi connectivity index (χ1) is 2.00. The van der Waals surface area contributed by atoms with Crippen LogP contribution in [0.15, 0.2) is 0 Å². The Kier molecular flexibility index (Phi) is 28.5. The van der Waals surface area contributed by atoms with Crippen molar-refractivity contribution in [1.29, 1.82) is 0 Å². The molecule has 0 aromatic rings. The number of hydrogen-bond donors (Lipinski definition) is 0. The molecule has 0 heterocycles. The summed E-state index contributed by atoms with van der Waals surface area (Å²) in [5.41, 5.74) is 0. The Labute approximate surface area is 115 Å². The molecule has 0 saturated heterocycles. The standard InChI is InChI=1S/Ca.Mg.Na.H3O4P.2H/c;;;1-5(2,3)4;;/h;;;(H3,1,2,3,4);;/q+2;;+1;;;/p-3. The average Bonchev–Trinajstić information content (AvgIpc) is 0.722. The smallest absolute Gasteiger partial charge is 0.822 e. The second-order valence-electron chi connectivity index (χ2n) is 0.447. The fraction of sp³-hybridized carbons (Fsp3) is 0. The summed E-state index contributed by atoms with van der Waals surface area (Å²) in [5, 5.41) is 0. The molecular weight excluding hydrogens is 182 g/mol. The molecule has 0 spiro atoms. The maximum Gasteiger partial charge on any atom is 2.00 e. The van der Waals surface area contributed by atoms with E-state index in [9.17, 15) is 0 Å². The molecule has 0 aliphatic heterocycles. The van der Waals surface area contributed by atoms with Gasteiger partial charge >= 0.3 is 90.3 Å². The molecule has 0 N–H and O–H groups in total. The van der Waals surface area contributed by atoms with Crippen molar-refractivity contribution in [2.24, 2.45) is 0 Å². The van der Waals surface area contributed by atoms with Crippen LogP contribution in [0.1, 0.15) is 0 Å². The topological polar surface area (TPSA) is 86.2 Å². The molecule has 0 aromatic carbocycles. The van der Waals surface area contributed by atoms with E-state index >= 15 is 0 Å². The summed E-state index contributed by atoms with van der Waals surface area (Å²) in [5.74, 6) is 0. The molecule has 0 rings (SSSR count). The largest absolute Gasteiger partial charge is 2.00 e. The molecule has 4 nitrogen and oxygen atoms in total. The van der Waals surface area contributed by atoms with Crippen molar-refractivity contribution in [3.8, 4) is 0 Å². The fourth-order valence-corrected chi connectivity index (χ4v) is 0. The van der Waals surface area contributed by atoms with Gasteiger partial charge in [0.05, 0.1) is 0 Å². The third-order valence-corrected chi connectivity index (χ3v) is 0. The van der Waals surface area contributed by atoms with Gasteiger partial charge in [-0.2, -0.15) is 7.82 Å². The van der Waals surface area contributed by atoms with E-state index in [1.807, 2.05) is 0 Å². The first-order valence-electron chi connectivity index (χ1n) is 0.730. The molecule has 0 bridgehead atoms. The monoisotopic (exact) mass is 184 g/mol. The van der Waals surface area contributed by atoms with Crippen molar-refractivity contribution < 1.29 is 48.8 Å².